The number of nitrogens with zero attached hydrogens (tertiary/aromatic N) is 4. The lowest BCUT2D eigenvalue weighted by Gasteiger charge is -2.20. The van der Waals surface area contributed by atoms with Crippen LogP contribution in [0.3, 0.4) is 0 Å². The van der Waals surface area contributed by atoms with Crippen molar-refractivity contribution in [3.63, 3.8) is 0 Å². The third-order valence-electron chi connectivity index (χ3n) is 4.76. The lowest BCUT2D eigenvalue weighted by Crippen LogP contribution is -2.27. The zero-order valence-electron chi connectivity index (χ0n) is 18.9. The molecule has 0 saturated carbocycles. The molecule has 0 spiro atoms. The zero-order valence-corrected chi connectivity index (χ0v) is 20.6. The van der Waals surface area contributed by atoms with Gasteiger partial charge in [-0.25, -0.2) is 18.4 Å². The number of hydrogen-bond donors (Lipinski definition) is 3. The number of sulfonamides is 1. The number of rotatable bonds is 10. The molecule has 0 aliphatic rings. The van der Waals surface area contributed by atoms with E-state index in [1.807, 2.05) is 0 Å². The number of pyridine rings is 1. The van der Waals surface area contributed by atoms with E-state index in [-0.39, 0.29) is 24.9 Å². The minimum atomic E-state index is -4.75. The highest BCUT2D eigenvalue weighted by molar-refractivity contribution is 7.92. The molecule has 0 aliphatic carbocycles. The van der Waals surface area contributed by atoms with E-state index in [0.717, 1.165) is 10.6 Å². The van der Waals surface area contributed by atoms with Gasteiger partial charge in [0.2, 0.25) is 16.0 Å². The standard InChI is InChI=1S/C20H20F3N6O5PS/c1-29(36(2,32)33)18-14(4-3-9-24-18)10-25-17-16(20(21,22)23)11-26-19(28-17)27-15-7-5-13(6-8-15)12-34-35(30)31/h3-9,11H,10,12H2,1-2H3,(H2-,25,26,27,28,30,31)/p+1. The van der Waals surface area contributed by atoms with Gasteiger partial charge in [0.1, 0.15) is 23.8 Å². The van der Waals surface area contributed by atoms with Gasteiger partial charge < -0.3 is 10.6 Å². The van der Waals surface area contributed by atoms with Gasteiger partial charge in [0.15, 0.2) is 0 Å². The maximum Gasteiger partial charge on any atom is 0.695 e. The average Bonchev–Trinajstić information content (AvgIpc) is 2.81. The van der Waals surface area contributed by atoms with Gasteiger partial charge in [-0.15, -0.1) is 9.42 Å². The summed E-state index contributed by atoms with van der Waals surface area (Å²) < 4.78 is 80.7. The Labute approximate surface area is 205 Å². The van der Waals surface area contributed by atoms with Crippen molar-refractivity contribution < 1.29 is 35.6 Å². The molecule has 192 valence electrons. The molecule has 3 aromatic rings. The molecule has 0 radical (unpaired) electrons. The van der Waals surface area contributed by atoms with Gasteiger partial charge >= 0.3 is 14.4 Å². The van der Waals surface area contributed by atoms with E-state index in [4.69, 9.17) is 4.89 Å². The molecule has 2 heterocycles. The second-order valence-electron chi connectivity index (χ2n) is 7.36. The van der Waals surface area contributed by atoms with Crippen LogP contribution in [0.4, 0.5) is 36.4 Å². The molecule has 0 aliphatic heterocycles. The summed E-state index contributed by atoms with van der Waals surface area (Å²) in [7, 11) is -5.11. The molecule has 1 unspecified atom stereocenters. The van der Waals surface area contributed by atoms with Crippen LogP contribution >= 0.6 is 8.25 Å². The minimum Gasteiger partial charge on any atom is -0.365 e. The molecule has 0 saturated heterocycles. The van der Waals surface area contributed by atoms with Gasteiger partial charge in [-0.1, -0.05) is 18.2 Å². The van der Waals surface area contributed by atoms with E-state index in [1.54, 1.807) is 24.3 Å². The van der Waals surface area contributed by atoms with Crippen molar-refractivity contribution >= 4 is 41.5 Å². The van der Waals surface area contributed by atoms with E-state index in [9.17, 15) is 26.2 Å². The fourth-order valence-electron chi connectivity index (χ4n) is 2.92. The van der Waals surface area contributed by atoms with Crippen LogP contribution < -0.4 is 14.9 Å². The first kappa shape index (κ1) is 27.2. The quantitative estimate of drug-likeness (QED) is 0.322. The van der Waals surface area contributed by atoms with E-state index < -0.39 is 35.8 Å². The lowest BCUT2D eigenvalue weighted by molar-refractivity contribution is -0.137. The largest absolute Gasteiger partial charge is 0.695 e. The van der Waals surface area contributed by atoms with Crippen molar-refractivity contribution in [2.24, 2.45) is 0 Å². The van der Waals surface area contributed by atoms with Gasteiger partial charge in [0, 0.05) is 41.8 Å². The molecule has 0 bridgehead atoms. The molecular formula is C20H21F3N6O5PS+. The Bertz CT molecular complexity index is 1340. The second kappa shape index (κ2) is 11.1. The first-order valence-electron chi connectivity index (χ1n) is 10.1. The van der Waals surface area contributed by atoms with Gasteiger partial charge in [-0.2, -0.15) is 18.2 Å². The van der Waals surface area contributed by atoms with Gasteiger partial charge in [-0.05, 0) is 23.8 Å². The summed E-state index contributed by atoms with van der Waals surface area (Å²) in [6.07, 6.45) is -1.77. The summed E-state index contributed by atoms with van der Waals surface area (Å²) in [4.78, 5) is 20.4. The highest BCUT2D eigenvalue weighted by Gasteiger charge is 2.35. The SMILES string of the molecule is CN(c1ncccc1CNc1nc(Nc2ccc(CO[P+](=O)O)cc2)ncc1C(F)(F)F)S(C)(=O)=O. The average molecular weight is 545 g/mol. The topological polar surface area (TPSA) is 147 Å². The van der Waals surface area contributed by atoms with Crippen LogP contribution in [0.1, 0.15) is 16.7 Å². The highest BCUT2D eigenvalue weighted by atomic mass is 32.2. The van der Waals surface area contributed by atoms with Crippen LogP contribution in [0.2, 0.25) is 0 Å². The van der Waals surface area contributed by atoms with Crippen molar-refractivity contribution in [1.82, 2.24) is 15.0 Å². The maximum atomic E-state index is 13.6. The second-order valence-corrected chi connectivity index (χ2v) is 10.1. The minimum absolute atomic E-state index is 0.0586. The fraction of sp³-hybridized carbons (Fsp3) is 0.250. The molecule has 1 aromatic carbocycles. The van der Waals surface area contributed by atoms with Crippen LogP contribution in [0.15, 0.2) is 48.8 Å². The zero-order chi connectivity index (χ0) is 26.5. The van der Waals surface area contributed by atoms with Crippen molar-refractivity contribution in [2.75, 3.05) is 28.2 Å². The van der Waals surface area contributed by atoms with E-state index in [0.29, 0.717) is 23.0 Å². The van der Waals surface area contributed by atoms with Crippen molar-refractivity contribution in [1.29, 1.82) is 0 Å². The van der Waals surface area contributed by atoms with Crippen LogP contribution in [0, 0.1) is 0 Å². The highest BCUT2D eigenvalue weighted by Crippen LogP contribution is 2.34. The number of halogens is 3. The van der Waals surface area contributed by atoms with E-state index in [2.05, 4.69) is 30.1 Å². The Morgan fingerprint density at radius 3 is 2.47 bits per heavy atom. The predicted molar refractivity (Wildman–Crippen MR) is 126 cm³/mol. The van der Waals surface area contributed by atoms with Crippen molar-refractivity contribution in [2.45, 2.75) is 19.3 Å². The van der Waals surface area contributed by atoms with Gasteiger partial charge in [-0.3, -0.25) is 4.31 Å². The van der Waals surface area contributed by atoms with Crippen LogP contribution in [-0.2, 0) is 38.4 Å². The number of hydrogen-bond acceptors (Lipinski definition) is 9. The Balaban J connectivity index is 1.83. The van der Waals surface area contributed by atoms with E-state index >= 15 is 0 Å². The number of nitrogens with one attached hydrogen (secondary N) is 2. The lowest BCUT2D eigenvalue weighted by atomic mass is 10.2. The first-order chi connectivity index (χ1) is 16.8. The Morgan fingerprint density at radius 1 is 1.17 bits per heavy atom. The summed E-state index contributed by atoms with van der Waals surface area (Å²) in [6.45, 7) is -0.300. The summed E-state index contributed by atoms with van der Waals surface area (Å²) in [6, 6.07) is 9.38. The smallest absolute Gasteiger partial charge is 0.365 e. The van der Waals surface area contributed by atoms with Crippen LogP contribution in [0.25, 0.3) is 0 Å². The Kier molecular flexibility index (Phi) is 8.40. The molecule has 1 atom stereocenters. The predicted octanol–water partition coefficient (Wildman–Crippen LogP) is 3.81. The number of aromatic nitrogens is 3. The van der Waals surface area contributed by atoms with Crippen molar-refractivity contribution in [3.8, 4) is 0 Å². The molecule has 3 N–H and O–H groups in total. The number of benzene rings is 1. The fourth-order valence-corrected chi connectivity index (χ4v) is 3.65. The number of anilines is 4. The van der Waals surface area contributed by atoms with E-state index in [1.165, 1.54) is 25.4 Å². The Morgan fingerprint density at radius 2 is 1.86 bits per heavy atom. The maximum absolute atomic E-state index is 13.6. The molecule has 11 nitrogen and oxygen atoms in total. The monoisotopic (exact) mass is 545 g/mol. The summed E-state index contributed by atoms with van der Waals surface area (Å²) in [5.41, 5.74) is 0.261. The molecule has 3 rings (SSSR count). The van der Waals surface area contributed by atoms with Crippen molar-refractivity contribution in [3.05, 3.63) is 65.5 Å². The van der Waals surface area contributed by atoms with Gasteiger partial charge in [0.25, 0.3) is 0 Å². The third kappa shape index (κ3) is 7.31. The molecule has 0 fully saturated rings. The number of alkyl halides is 3. The Hall–Kier alpha value is -3.39. The van der Waals surface area contributed by atoms with Crippen LogP contribution in [-0.4, -0.2) is 41.6 Å². The van der Waals surface area contributed by atoms with Crippen LogP contribution in [0.5, 0.6) is 0 Å². The third-order valence-corrected chi connectivity index (χ3v) is 6.27. The summed E-state index contributed by atoms with van der Waals surface area (Å²) >= 11 is 0. The molecule has 16 heteroatoms. The summed E-state index contributed by atoms with van der Waals surface area (Å²) in [5.74, 6) is -0.593. The molecule has 2 aromatic heterocycles. The molecule has 0 amide bonds. The normalized spacial score (nSPS) is 12.2. The first-order valence-corrected chi connectivity index (χ1v) is 13.0. The molecule has 36 heavy (non-hydrogen) atoms. The van der Waals surface area contributed by atoms with Gasteiger partial charge in [0.05, 0.1) is 6.26 Å². The summed E-state index contributed by atoms with van der Waals surface area (Å²) in [5, 5.41) is 5.39. The molecular weight excluding hydrogens is 524 g/mol.